The second-order valence-electron chi connectivity index (χ2n) is 5.04. The highest BCUT2D eigenvalue weighted by atomic mass is 31.1. The van der Waals surface area contributed by atoms with Gasteiger partial charge in [0.05, 0.1) is 0 Å². The first-order chi connectivity index (χ1) is 10.1. The number of carbonyl (C=O) groups is 1. The van der Waals surface area contributed by atoms with Gasteiger partial charge in [-0.2, -0.15) is 0 Å². The van der Waals surface area contributed by atoms with Crippen LogP contribution in [0.15, 0.2) is 12.2 Å². The molecule has 1 amide bonds. The lowest BCUT2D eigenvalue weighted by Crippen LogP contribution is -2.24. The van der Waals surface area contributed by atoms with Gasteiger partial charge in [0, 0.05) is 12.1 Å². The molecule has 0 saturated heterocycles. The number of nitrogens with one attached hydrogen (secondary N) is 1. The molecule has 120 valence electrons. The minimum Gasteiger partial charge on any atom is -0.352 e. The first-order valence-electron chi connectivity index (χ1n) is 7.36. The van der Waals surface area contributed by atoms with Crippen LogP contribution in [0.3, 0.4) is 0 Å². The van der Waals surface area contributed by atoms with E-state index in [1.807, 2.05) is 0 Å². The summed E-state index contributed by atoms with van der Waals surface area (Å²) < 4.78 is 25.6. The van der Waals surface area contributed by atoms with Crippen LogP contribution in [0, 0.1) is 0 Å². The predicted molar refractivity (Wildman–Crippen MR) is 84.8 cm³/mol. The van der Waals surface area contributed by atoms with Gasteiger partial charge in [0.2, 0.25) is 5.91 Å². The van der Waals surface area contributed by atoms with Gasteiger partial charge in [-0.05, 0) is 19.8 Å². The maximum atomic E-state index is 11.2. The molecule has 0 spiro atoms. The van der Waals surface area contributed by atoms with Crippen molar-refractivity contribution >= 4 is 23.1 Å². The van der Waals surface area contributed by atoms with Gasteiger partial charge in [-0.3, -0.25) is 13.9 Å². The van der Waals surface area contributed by atoms with Crippen molar-refractivity contribution in [2.75, 3.05) is 6.54 Å². The lowest BCUT2D eigenvalue weighted by atomic mass is 10.1. The summed E-state index contributed by atoms with van der Waals surface area (Å²) in [7, 11) is -0.507. The fourth-order valence-corrected chi connectivity index (χ4v) is 2.62. The van der Waals surface area contributed by atoms with Crippen LogP contribution in [0.5, 0.6) is 0 Å². The van der Waals surface area contributed by atoms with Crippen LogP contribution < -0.4 is 5.32 Å². The monoisotopic (exact) mass is 333 g/mol. The Morgan fingerprint density at radius 1 is 1.10 bits per heavy atom. The molecule has 0 aliphatic rings. The molecule has 21 heavy (non-hydrogen) atoms. The van der Waals surface area contributed by atoms with E-state index in [0.717, 1.165) is 44.9 Å². The van der Waals surface area contributed by atoms with Gasteiger partial charge in [0.1, 0.15) is 0 Å². The molecule has 0 aromatic heterocycles. The van der Waals surface area contributed by atoms with Crippen LogP contribution in [0.25, 0.3) is 0 Å². The molecule has 0 aromatic rings. The third-order valence-electron chi connectivity index (χ3n) is 3.08. The first kappa shape index (κ1) is 20.4. The zero-order chi connectivity index (χ0) is 15.9. The molecule has 0 bridgehead atoms. The van der Waals surface area contributed by atoms with Crippen molar-refractivity contribution in [3.05, 3.63) is 12.2 Å². The summed E-state index contributed by atoms with van der Waals surface area (Å²) in [5.74, 6) is -0.511. The highest BCUT2D eigenvalue weighted by molar-refractivity contribution is 7.26. The minimum absolute atomic E-state index is 0.0677. The normalized spacial score (nSPS) is 12.4. The number of carbonyl (C=O) groups excluding carboxylic acids is 1. The van der Waals surface area contributed by atoms with Crippen LogP contribution in [0.2, 0.25) is 0 Å². The van der Waals surface area contributed by atoms with E-state index in [2.05, 4.69) is 11.9 Å². The lowest BCUT2D eigenvalue weighted by Gasteiger charge is -2.06. The second kappa shape index (κ2) is 14.3. The Morgan fingerprint density at radius 3 is 2.19 bits per heavy atom. The van der Waals surface area contributed by atoms with Crippen LogP contribution in [0.4, 0.5) is 0 Å². The Balaban J connectivity index is 3.29. The maximum absolute atomic E-state index is 11.2. The molecule has 0 saturated carbocycles. The molecular weight excluding hydrogens is 308 g/mol. The summed E-state index contributed by atoms with van der Waals surface area (Å²) in [6, 6.07) is 0. The van der Waals surface area contributed by atoms with Crippen LogP contribution >= 0.6 is 17.1 Å². The van der Waals surface area contributed by atoms with E-state index in [-0.39, 0.29) is 14.4 Å². The quantitative estimate of drug-likeness (QED) is 0.285. The molecule has 0 aliphatic heterocycles. The van der Waals surface area contributed by atoms with E-state index in [1.54, 1.807) is 6.92 Å². The zero-order valence-corrected chi connectivity index (χ0v) is 14.5. The van der Waals surface area contributed by atoms with Gasteiger partial charge >= 0.3 is 8.69 Å². The second-order valence-corrected chi connectivity index (χ2v) is 6.19. The molecule has 0 aromatic carbocycles. The number of hydrogen-bond donors (Lipinski definition) is 1. The summed E-state index contributed by atoms with van der Waals surface area (Å²) in [4.78, 5) is 11.2. The van der Waals surface area contributed by atoms with Crippen molar-refractivity contribution in [2.24, 2.45) is 0 Å². The van der Waals surface area contributed by atoms with Crippen LogP contribution in [0.1, 0.15) is 58.3 Å². The van der Waals surface area contributed by atoms with E-state index >= 15 is 0 Å². The minimum atomic E-state index is -0.443. The number of amides is 1. The van der Waals surface area contributed by atoms with Crippen molar-refractivity contribution in [2.45, 2.75) is 64.1 Å². The molecule has 1 N–H and O–H groups in total. The first-order valence-corrected chi connectivity index (χ1v) is 8.97. The van der Waals surface area contributed by atoms with Crippen LogP contribution in [-0.2, 0) is 18.4 Å². The number of rotatable bonds is 14. The lowest BCUT2D eigenvalue weighted by molar-refractivity contribution is -0.117. The topological polar surface area (TPSA) is 72.5 Å². The summed E-state index contributed by atoms with van der Waals surface area (Å²) in [5.41, 5.74) is 0.547. The Hall–Kier alpha value is -0.630. The van der Waals surface area contributed by atoms with Gasteiger partial charge in [0.15, 0.2) is 14.3 Å². The van der Waals surface area contributed by atoms with E-state index in [9.17, 15) is 13.9 Å². The van der Waals surface area contributed by atoms with Gasteiger partial charge in [-0.25, -0.2) is 4.57 Å². The molecule has 0 aliphatic carbocycles. The summed E-state index contributed by atoms with van der Waals surface area (Å²) >= 11 is 0. The Labute approximate surface area is 130 Å². The number of hydrogen-bond acceptors (Lipinski definition) is 4. The smallest absolute Gasteiger partial charge is 0.328 e. The molecule has 0 heterocycles. The van der Waals surface area contributed by atoms with Gasteiger partial charge in [-0.15, -0.1) is 0 Å². The van der Waals surface area contributed by atoms with Gasteiger partial charge in [0.25, 0.3) is 0 Å². The third kappa shape index (κ3) is 12.8. The number of unbranched alkanes of at least 4 members (excludes halogenated alkanes) is 6. The highest BCUT2D eigenvalue weighted by Crippen LogP contribution is 2.21. The molecule has 1 atom stereocenters. The van der Waals surface area contributed by atoms with Crippen molar-refractivity contribution < 1.29 is 18.4 Å². The van der Waals surface area contributed by atoms with E-state index < -0.39 is 14.5 Å². The largest absolute Gasteiger partial charge is 0.352 e. The average Bonchev–Trinajstić information content (AvgIpc) is 2.47. The fraction of sp³-hybridized carbons (Fsp3) is 0.786. The molecule has 0 rings (SSSR count). The fourth-order valence-electron chi connectivity index (χ4n) is 1.85. The van der Waals surface area contributed by atoms with E-state index in [4.69, 9.17) is 4.52 Å². The third-order valence-corrected chi connectivity index (χ3v) is 4.19. The van der Waals surface area contributed by atoms with Crippen molar-refractivity contribution in [1.82, 2.24) is 5.32 Å². The SMILES string of the molecule is C=C(C)C(=O)NCCCCCCCCCC(OP=O)P=O. The van der Waals surface area contributed by atoms with E-state index in [1.165, 1.54) is 0 Å². The maximum Gasteiger partial charge on any atom is 0.328 e. The van der Waals surface area contributed by atoms with Gasteiger partial charge < -0.3 is 5.32 Å². The van der Waals surface area contributed by atoms with Gasteiger partial charge in [-0.1, -0.05) is 45.1 Å². The molecular formula is C14H25NO4P2. The molecule has 1 unspecified atom stereocenters. The van der Waals surface area contributed by atoms with E-state index in [0.29, 0.717) is 18.5 Å². The summed E-state index contributed by atoms with van der Waals surface area (Å²) in [6.45, 7) is 6.00. The Bertz CT molecular complexity index is 337. The molecule has 7 heteroatoms. The Morgan fingerprint density at radius 2 is 1.67 bits per heavy atom. The predicted octanol–water partition coefficient (Wildman–Crippen LogP) is 4.64. The molecule has 5 nitrogen and oxygen atoms in total. The standard InChI is InChI=1S/C14H25NO4P2/c1-12(2)14(16)15-11-9-7-5-3-4-6-8-10-13(20-17)19-21-18/h13H,1,3-11H2,2H3,(H,15,16). The highest BCUT2D eigenvalue weighted by Gasteiger charge is 2.08. The average molecular weight is 333 g/mol. The Kier molecular flexibility index (Phi) is 13.9. The molecule has 0 radical (unpaired) electrons. The summed E-state index contributed by atoms with van der Waals surface area (Å²) in [6.07, 6.45) is 8.23. The van der Waals surface area contributed by atoms with Crippen molar-refractivity contribution in [1.29, 1.82) is 0 Å². The van der Waals surface area contributed by atoms with Crippen molar-refractivity contribution in [3.8, 4) is 0 Å². The van der Waals surface area contributed by atoms with Crippen molar-refractivity contribution in [3.63, 3.8) is 0 Å². The molecule has 0 fully saturated rings. The van der Waals surface area contributed by atoms with Crippen LogP contribution in [-0.4, -0.2) is 18.3 Å². The summed E-state index contributed by atoms with van der Waals surface area (Å²) in [5, 5.41) is 2.82. The zero-order valence-electron chi connectivity index (χ0n) is 12.7.